The number of nitriles is 1. The summed E-state index contributed by atoms with van der Waals surface area (Å²) in [4.78, 5) is 12.5. The zero-order valence-corrected chi connectivity index (χ0v) is 16.7. The van der Waals surface area contributed by atoms with Crippen LogP contribution in [0.1, 0.15) is 30.9 Å². The maximum absolute atomic E-state index is 12.5. The summed E-state index contributed by atoms with van der Waals surface area (Å²) in [5.74, 6) is -0.326. The van der Waals surface area contributed by atoms with Crippen molar-refractivity contribution in [2.75, 3.05) is 10.6 Å². The highest BCUT2D eigenvalue weighted by Crippen LogP contribution is 2.27. The average molecular weight is 398 g/mol. The number of nitrogens with zero attached hydrogens (tertiary/aromatic N) is 1. The van der Waals surface area contributed by atoms with Gasteiger partial charge in [-0.15, -0.1) is 0 Å². The number of carbonyl (C=O) groups excluding carboxylic acids is 1. The first kappa shape index (κ1) is 21.2. The number of nitrogens with one attached hydrogen (secondary N) is 2. The van der Waals surface area contributed by atoms with Crippen LogP contribution in [0.15, 0.2) is 59.1 Å². The second kappa shape index (κ2) is 8.69. The normalized spacial score (nSPS) is 11.8. The zero-order chi connectivity index (χ0) is 20.9. The molecular weight excluding hydrogens is 376 g/mol. The molecule has 0 atom stereocenters. The number of para-hydroxylation sites is 1. The maximum Gasteiger partial charge on any atom is 0.267 e. The minimum atomic E-state index is -3.78. The summed E-state index contributed by atoms with van der Waals surface area (Å²) in [5.41, 5.74) is 2.97. The molecule has 0 aliphatic rings. The lowest BCUT2D eigenvalue weighted by Gasteiger charge is -2.16. The lowest BCUT2D eigenvalue weighted by Crippen LogP contribution is -2.17. The molecule has 0 saturated heterocycles. The molecular formula is C20H22N4O3S. The summed E-state index contributed by atoms with van der Waals surface area (Å²) in [6.45, 7) is 5.94. The fourth-order valence-corrected chi connectivity index (χ4v) is 3.08. The number of sulfonamides is 1. The average Bonchev–Trinajstić information content (AvgIpc) is 2.63. The lowest BCUT2D eigenvalue weighted by atomic mass is 9.98. The van der Waals surface area contributed by atoms with Gasteiger partial charge in [-0.2, -0.15) is 5.26 Å². The SMILES string of the molecule is Cc1cccc(C(C)C)c1NC(=O)/C(C#N)=C\Nc1ccc(S(N)(=O)=O)cc1. The Morgan fingerprint density at radius 3 is 2.36 bits per heavy atom. The minimum Gasteiger partial charge on any atom is -0.360 e. The van der Waals surface area contributed by atoms with Crippen LogP contribution >= 0.6 is 0 Å². The quantitative estimate of drug-likeness (QED) is 0.509. The van der Waals surface area contributed by atoms with Gasteiger partial charge in [0, 0.05) is 17.6 Å². The Balaban J connectivity index is 2.20. The summed E-state index contributed by atoms with van der Waals surface area (Å²) in [6.07, 6.45) is 1.27. The van der Waals surface area contributed by atoms with Gasteiger partial charge in [0.05, 0.1) is 4.90 Å². The van der Waals surface area contributed by atoms with Crippen LogP contribution in [0.2, 0.25) is 0 Å². The molecule has 0 spiro atoms. The van der Waals surface area contributed by atoms with Crippen molar-refractivity contribution < 1.29 is 13.2 Å². The molecule has 0 aromatic heterocycles. The molecule has 28 heavy (non-hydrogen) atoms. The van der Waals surface area contributed by atoms with Crippen molar-refractivity contribution in [1.29, 1.82) is 5.26 Å². The maximum atomic E-state index is 12.5. The van der Waals surface area contributed by atoms with Gasteiger partial charge in [-0.05, 0) is 48.2 Å². The number of benzene rings is 2. The van der Waals surface area contributed by atoms with E-state index in [1.54, 1.807) is 0 Å². The predicted molar refractivity (Wildman–Crippen MR) is 109 cm³/mol. The third-order valence-electron chi connectivity index (χ3n) is 4.10. The van der Waals surface area contributed by atoms with Crippen molar-refractivity contribution in [1.82, 2.24) is 0 Å². The molecule has 146 valence electrons. The van der Waals surface area contributed by atoms with E-state index in [4.69, 9.17) is 5.14 Å². The number of amides is 1. The van der Waals surface area contributed by atoms with Crippen molar-refractivity contribution >= 4 is 27.3 Å². The largest absolute Gasteiger partial charge is 0.360 e. The summed E-state index contributed by atoms with van der Waals surface area (Å²) in [6, 6.07) is 13.3. The fourth-order valence-electron chi connectivity index (χ4n) is 2.57. The second-order valence-corrected chi connectivity index (χ2v) is 8.09. The van der Waals surface area contributed by atoms with E-state index in [0.717, 1.165) is 11.1 Å². The van der Waals surface area contributed by atoms with Crippen LogP contribution in [0.25, 0.3) is 0 Å². The second-order valence-electron chi connectivity index (χ2n) is 6.53. The first-order chi connectivity index (χ1) is 13.1. The molecule has 2 aromatic rings. The Morgan fingerprint density at radius 1 is 1.18 bits per heavy atom. The van der Waals surface area contributed by atoms with E-state index < -0.39 is 15.9 Å². The van der Waals surface area contributed by atoms with E-state index >= 15 is 0 Å². The molecule has 0 aliphatic carbocycles. The highest BCUT2D eigenvalue weighted by atomic mass is 32.2. The molecule has 2 rings (SSSR count). The molecule has 1 amide bonds. The van der Waals surface area contributed by atoms with Crippen molar-refractivity contribution in [3.8, 4) is 6.07 Å². The Kier molecular flexibility index (Phi) is 6.57. The number of aryl methyl sites for hydroxylation is 1. The van der Waals surface area contributed by atoms with Crippen molar-refractivity contribution in [3.05, 3.63) is 65.4 Å². The number of nitrogens with two attached hydrogens (primary N) is 1. The molecule has 8 heteroatoms. The van der Waals surface area contributed by atoms with Gasteiger partial charge in [0.2, 0.25) is 10.0 Å². The van der Waals surface area contributed by atoms with Crippen LogP contribution in [0.4, 0.5) is 11.4 Å². The van der Waals surface area contributed by atoms with Crippen LogP contribution in [-0.4, -0.2) is 14.3 Å². The van der Waals surface area contributed by atoms with Gasteiger partial charge in [-0.3, -0.25) is 4.79 Å². The number of anilines is 2. The van der Waals surface area contributed by atoms with Crippen LogP contribution in [0, 0.1) is 18.3 Å². The smallest absolute Gasteiger partial charge is 0.267 e. The Morgan fingerprint density at radius 2 is 1.82 bits per heavy atom. The molecule has 0 aliphatic heterocycles. The van der Waals surface area contributed by atoms with E-state index in [0.29, 0.717) is 11.4 Å². The van der Waals surface area contributed by atoms with Crippen molar-refractivity contribution in [2.24, 2.45) is 5.14 Å². The molecule has 0 heterocycles. The molecule has 2 aromatic carbocycles. The van der Waals surface area contributed by atoms with E-state index in [9.17, 15) is 18.5 Å². The summed E-state index contributed by atoms with van der Waals surface area (Å²) in [5, 5.41) is 20.0. The summed E-state index contributed by atoms with van der Waals surface area (Å²) >= 11 is 0. The van der Waals surface area contributed by atoms with Gasteiger partial charge < -0.3 is 10.6 Å². The van der Waals surface area contributed by atoms with Crippen LogP contribution in [-0.2, 0) is 14.8 Å². The van der Waals surface area contributed by atoms with Gasteiger partial charge >= 0.3 is 0 Å². The van der Waals surface area contributed by atoms with Gasteiger partial charge in [0.1, 0.15) is 11.6 Å². The van der Waals surface area contributed by atoms with E-state index in [2.05, 4.69) is 10.6 Å². The van der Waals surface area contributed by atoms with Gasteiger partial charge in [-0.25, -0.2) is 13.6 Å². The molecule has 0 bridgehead atoms. The predicted octanol–water partition coefficient (Wildman–Crippen LogP) is 3.22. The zero-order valence-electron chi connectivity index (χ0n) is 15.9. The Labute approximate surface area is 164 Å². The minimum absolute atomic E-state index is 0.0268. The van der Waals surface area contributed by atoms with Gasteiger partial charge in [0.25, 0.3) is 5.91 Å². The van der Waals surface area contributed by atoms with E-state index in [1.165, 1.54) is 30.5 Å². The van der Waals surface area contributed by atoms with Gasteiger partial charge in [-0.1, -0.05) is 32.0 Å². The number of carbonyl (C=O) groups is 1. The van der Waals surface area contributed by atoms with Crippen LogP contribution < -0.4 is 15.8 Å². The highest BCUT2D eigenvalue weighted by Gasteiger charge is 2.15. The van der Waals surface area contributed by atoms with Crippen molar-refractivity contribution in [2.45, 2.75) is 31.6 Å². The summed E-state index contributed by atoms with van der Waals surface area (Å²) in [7, 11) is -3.78. The van der Waals surface area contributed by atoms with Crippen molar-refractivity contribution in [3.63, 3.8) is 0 Å². The van der Waals surface area contributed by atoms with E-state index in [1.807, 2.05) is 45.0 Å². The first-order valence-corrected chi connectivity index (χ1v) is 10.1. The van der Waals surface area contributed by atoms with E-state index in [-0.39, 0.29) is 16.4 Å². The Bertz CT molecular complexity index is 1050. The molecule has 4 N–H and O–H groups in total. The fraction of sp³-hybridized carbons (Fsp3) is 0.200. The number of hydrogen-bond donors (Lipinski definition) is 3. The molecule has 7 nitrogen and oxygen atoms in total. The number of rotatable bonds is 6. The standard InChI is InChI=1S/C20H22N4O3S/c1-13(2)18-6-4-5-14(3)19(18)24-20(25)15(11-21)12-23-16-7-9-17(10-8-16)28(22,26)27/h4-10,12-13,23H,1-3H3,(H,24,25)(H2,22,26,27)/b15-12-. The highest BCUT2D eigenvalue weighted by molar-refractivity contribution is 7.89. The first-order valence-electron chi connectivity index (χ1n) is 8.54. The van der Waals surface area contributed by atoms with Crippen LogP contribution in [0.5, 0.6) is 0 Å². The number of hydrogen-bond acceptors (Lipinski definition) is 5. The topological polar surface area (TPSA) is 125 Å². The van der Waals surface area contributed by atoms with Crippen LogP contribution in [0.3, 0.4) is 0 Å². The summed E-state index contributed by atoms with van der Waals surface area (Å²) < 4.78 is 22.5. The molecule has 0 unspecified atom stereocenters. The molecule has 0 fully saturated rings. The molecule has 0 radical (unpaired) electrons. The number of primary sulfonamides is 1. The van der Waals surface area contributed by atoms with Gasteiger partial charge in [0.15, 0.2) is 0 Å². The molecule has 0 saturated carbocycles. The Hall–Kier alpha value is -3.15. The lowest BCUT2D eigenvalue weighted by molar-refractivity contribution is -0.112. The third kappa shape index (κ3) is 5.19. The third-order valence-corrected chi connectivity index (χ3v) is 5.03. The monoisotopic (exact) mass is 398 g/mol.